The van der Waals surface area contributed by atoms with E-state index in [0.29, 0.717) is 30.4 Å². The van der Waals surface area contributed by atoms with Gasteiger partial charge in [-0.3, -0.25) is 4.79 Å². The summed E-state index contributed by atoms with van der Waals surface area (Å²) in [6.45, 7) is 11.9. The van der Waals surface area contributed by atoms with Gasteiger partial charge in [0, 0.05) is 13.1 Å². The maximum Gasteiger partial charge on any atom is 0.257 e. The number of ether oxygens (including phenoxy) is 1. The third kappa shape index (κ3) is 4.65. The largest absolute Gasteiger partial charge is 0.488 e. The molecule has 1 heterocycles. The molecule has 0 saturated heterocycles. The van der Waals surface area contributed by atoms with Crippen molar-refractivity contribution in [3.05, 3.63) is 46.8 Å². The highest BCUT2D eigenvalue weighted by molar-refractivity contribution is 5.96. The first-order chi connectivity index (χ1) is 12.5. The van der Waals surface area contributed by atoms with Crippen LogP contribution in [0.3, 0.4) is 0 Å². The number of amides is 1. The van der Waals surface area contributed by atoms with E-state index in [-0.39, 0.29) is 5.91 Å². The van der Waals surface area contributed by atoms with Gasteiger partial charge in [0.15, 0.2) is 0 Å². The number of hydrogen-bond donors (Lipinski definition) is 0. The zero-order valence-electron chi connectivity index (χ0n) is 16.5. The first kappa shape index (κ1) is 20.0. The second-order valence-electron chi connectivity index (χ2n) is 6.61. The highest BCUT2D eigenvalue weighted by Crippen LogP contribution is 2.23. The maximum absolute atomic E-state index is 13.1. The van der Waals surface area contributed by atoms with Crippen molar-refractivity contribution in [3.8, 4) is 5.75 Å². The van der Waals surface area contributed by atoms with Crippen molar-refractivity contribution in [2.75, 3.05) is 13.1 Å². The van der Waals surface area contributed by atoms with E-state index in [2.05, 4.69) is 19.0 Å². The molecule has 0 radical (unpaired) electrons. The lowest BCUT2D eigenvalue weighted by atomic mass is 10.0. The lowest BCUT2D eigenvalue weighted by Gasteiger charge is -2.26. The zero-order chi connectivity index (χ0) is 19.1. The lowest BCUT2D eigenvalue weighted by Crippen LogP contribution is -2.35. The van der Waals surface area contributed by atoms with Gasteiger partial charge in [-0.25, -0.2) is 0 Å². The molecule has 1 amide bonds. The van der Waals surface area contributed by atoms with E-state index in [1.807, 2.05) is 49.9 Å². The fraction of sp³-hybridized carbons (Fsp3) is 0.524. The fourth-order valence-electron chi connectivity index (χ4n) is 3.01. The topological polar surface area (TPSA) is 55.6 Å². The van der Waals surface area contributed by atoms with Crippen molar-refractivity contribution in [1.82, 2.24) is 10.1 Å². The molecule has 0 unspecified atom stereocenters. The summed E-state index contributed by atoms with van der Waals surface area (Å²) in [5, 5.41) is 3.95. The van der Waals surface area contributed by atoms with E-state index in [1.54, 1.807) is 0 Å². The number of aryl methyl sites for hydroxylation is 2. The summed E-state index contributed by atoms with van der Waals surface area (Å²) < 4.78 is 11.1. The number of carbonyl (C=O) groups excluding carboxylic acids is 1. The lowest BCUT2D eigenvalue weighted by molar-refractivity contribution is 0.0730. The minimum absolute atomic E-state index is 0.0220. The standard InChI is InChI=1S/C21H30N2O3/c1-6-17(7-2)13-23(8-3)21(24)18-11-9-10-12-20(18)25-14-19-15(4)22-26-16(19)5/h9-12,17H,6-8,13-14H2,1-5H3. The van der Waals surface area contributed by atoms with Crippen LogP contribution in [0.4, 0.5) is 0 Å². The average molecular weight is 358 g/mol. The molecule has 0 spiro atoms. The van der Waals surface area contributed by atoms with E-state index < -0.39 is 0 Å². The van der Waals surface area contributed by atoms with E-state index in [1.165, 1.54) is 0 Å². The number of carbonyl (C=O) groups is 1. The molecule has 26 heavy (non-hydrogen) atoms. The molecule has 0 atom stereocenters. The van der Waals surface area contributed by atoms with Gasteiger partial charge >= 0.3 is 0 Å². The summed E-state index contributed by atoms with van der Waals surface area (Å²) in [6, 6.07) is 7.44. The molecule has 1 aromatic heterocycles. The molecule has 2 aromatic rings. The van der Waals surface area contributed by atoms with Crippen molar-refractivity contribution in [2.45, 2.75) is 54.1 Å². The van der Waals surface area contributed by atoms with Gasteiger partial charge in [-0.15, -0.1) is 0 Å². The molecule has 0 aliphatic carbocycles. The Hall–Kier alpha value is -2.30. The Bertz CT molecular complexity index is 700. The Morgan fingerprint density at radius 2 is 1.88 bits per heavy atom. The smallest absolute Gasteiger partial charge is 0.257 e. The highest BCUT2D eigenvalue weighted by atomic mass is 16.5. The summed E-state index contributed by atoms with van der Waals surface area (Å²) in [7, 11) is 0. The summed E-state index contributed by atoms with van der Waals surface area (Å²) in [5.41, 5.74) is 2.35. The van der Waals surface area contributed by atoms with Crippen molar-refractivity contribution < 1.29 is 14.1 Å². The van der Waals surface area contributed by atoms with Crippen LogP contribution in [-0.4, -0.2) is 29.1 Å². The van der Waals surface area contributed by atoms with E-state index in [4.69, 9.17) is 9.26 Å². The molecule has 142 valence electrons. The normalized spacial score (nSPS) is 11.0. The van der Waals surface area contributed by atoms with Crippen molar-refractivity contribution >= 4 is 5.91 Å². The molecular formula is C21H30N2O3. The Labute approximate surface area is 156 Å². The van der Waals surface area contributed by atoms with E-state index in [0.717, 1.165) is 36.4 Å². The summed E-state index contributed by atoms with van der Waals surface area (Å²) in [5.74, 6) is 1.89. The van der Waals surface area contributed by atoms with Crippen LogP contribution in [0.5, 0.6) is 5.75 Å². The van der Waals surface area contributed by atoms with Crippen LogP contribution in [0, 0.1) is 19.8 Å². The zero-order valence-corrected chi connectivity index (χ0v) is 16.5. The van der Waals surface area contributed by atoms with Crippen LogP contribution in [0.15, 0.2) is 28.8 Å². The molecule has 0 N–H and O–H groups in total. The third-order valence-electron chi connectivity index (χ3n) is 4.97. The van der Waals surface area contributed by atoms with Crippen LogP contribution >= 0.6 is 0 Å². The Balaban J connectivity index is 2.17. The van der Waals surface area contributed by atoms with Gasteiger partial charge in [0.05, 0.1) is 16.8 Å². The third-order valence-corrected chi connectivity index (χ3v) is 4.97. The molecule has 5 heteroatoms. The fourth-order valence-corrected chi connectivity index (χ4v) is 3.01. The Morgan fingerprint density at radius 3 is 2.46 bits per heavy atom. The van der Waals surface area contributed by atoms with Gasteiger partial charge in [0.1, 0.15) is 18.1 Å². The van der Waals surface area contributed by atoms with E-state index in [9.17, 15) is 4.79 Å². The summed E-state index contributed by atoms with van der Waals surface area (Å²) in [6.07, 6.45) is 2.15. The summed E-state index contributed by atoms with van der Waals surface area (Å²) in [4.78, 5) is 15.0. The van der Waals surface area contributed by atoms with Crippen LogP contribution < -0.4 is 4.74 Å². The van der Waals surface area contributed by atoms with Crippen LogP contribution in [0.1, 0.15) is 61.0 Å². The number of nitrogens with zero attached hydrogens (tertiary/aromatic N) is 2. The van der Waals surface area contributed by atoms with Crippen molar-refractivity contribution in [3.63, 3.8) is 0 Å². The first-order valence-corrected chi connectivity index (χ1v) is 9.44. The summed E-state index contributed by atoms with van der Waals surface area (Å²) >= 11 is 0. The quantitative estimate of drug-likeness (QED) is 0.648. The number of hydrogen-bond acceptors (Lipinski definition) is 4. The van der Waals surface area contributed by atoms with Crippen molar-refractivity contribution in [2.24, 2.45) is 5.92 Å². The predicted molar refractivity (Wildman–Crippen MR) is 102 cm³/mol. The van der Waals surface area contributed by atoms with Gasteiger partial charge in [-0.05, 0) is 38.8 Å². The van der Waals surface area contributed by atoms with Crippen LogP contribution in [0.2, 0.25) is 0 Å². The van der Waals surface area contributed by atoms with Gasteiger partial charge < -0.3 is 14.2 Å². The van der Waals surface area contributed by atoms with Gasteiger partial charge in [0.25, 0.3) is 5.91 Å². The molecule has 0 aliphatic heterocycles. The van der Waals surface area contributed by atoms with Gasteiger partial charge in [-0.2, -0.15) is 0 Å². The molecule has 0 fully saturated rings. The minimum atomic E-state index is 0.0220. The maximum atomic E-state index is 13.1. The highest BCUT2D eigenvalue weighted by Gasteiger charge is 2.21. The SMILES string of the molecule is CCC(CC)CN(CC)C(=O)c1ccccc1OCc1c(C)noc1C. The monoisotopic (exact) mass is 358 g/mol. The first-order valence-electron chi connectivity index (χ1n) is 9.44. The molecule has 1 aromatic carbocycles. The van der Waals surface area contributed by atoms with E-state index >= 15 is 0 Å². The molecule has 2 rings (SSSR count). The molecular weight excluding hydrogens is 328 g/mol. The number of benzene rings is 1. The van der Waals surface area contributed by atoms with Gasteiger partial charge in [-0.1, -0.05) is 44.0 Å². The molecule has 0 bridgehead atoms. The Kier molecular flexibility index (Phi) is 7.25. The number of aromatic nitrogens is 1. The van der Waals surface area contributed by atoms with Crippen LogP contribution in [0.25, 0.3) is 0 Å². The minimum Gasteiger partial charge on any atom is -0.488 e. The molecule has 0 aliphatic rings. The predicted octanol–water partition coefficient (Wildman–Crippen LogP) is 4.77. The second kappa shape index (κ2) is 9.41. The van der Waals surface area contributed by atoms with Crippen LogP contribution in [-0.2, 0) is 6.61 Å². The molecule has 0 saturated carbocycles. The van der Waals surface area contributed by atoms with Gasteiger partial charge in [0.2, 0.25) is 0 Å². The Morgan fingerprint density at radius 1 is 1.19 bits per heavy atom. The second-order valence-corrected chi connectivity index (χ2v) is 6.61. The average Bonchev–Trinajstić information content (AvgIpc) is 2.98. The number of para-hydroxylation sites is 1. The number of rotatable bonds is 9. The van der Waals surface area contributed by atoms with Crippen molar-refractivity contribution in [1.29, 1.82) is 0 Å². The molecule has 5 nitrogen and oxygen atoms in total.